The van der Waals surface area contributed by atoms with Crippen molar-refractivity contribution in [3.8, 4) is 0 Å². The Kier molecular flexibility index (Phi) is 1.70. The molecule has 4 aliphatic rings. The molecule has 2 atom stereocenters. The second-order valence-corrected chi connectivity index (χ2v) is 5.36. The maximum absolute atomic E-state index is 11.6. The summed E-state index contributed by atoms with van der Waals surface area (Å²) in [5, 5.41) is 2.98. The molecule has 88 valence electrons. The van der Waals surface area contributed by atoms with E-state index in [1.807, 2.05) is 18.2 Å². The fourth-order valence-electron chi connectivity index (χ4n) is 4.17. The number of benzene rings is 1. The van der Waals surface area contributed by atoms with E-state index in [1.54, 1.807) is 0 Å². The number of hydrogen-bond donors (Lipinski definition) is 1. The van der Waals surface area contributed by atoms with Crippen LogP contribution in [0.3, 0.4) is 0 Å². The van der Waals surface area contributed by atoms with Gasteiger partial charge in [-0.2, -0.15) is 0 Å². The number of fused-ring (bicyclic) bond motifs is 2. The van der Waals surface area contributed by atoms with E-state index in [4.69, 9.17) is 4.74 Å². The van der Waals surface area contributed by atoms with E-state index in [9.17, 15) is 4.79 Å². The predicted octanol–water partition coefficient (Wildman–Crippen LogP) is 2.42. The molecule has 2 saturated carbocycles. The summed E-state index contributed by atoms with van der Waals surface area (Å²) in [5.74, 6) is 0.947. The van der Waals surface area contributed by atoms with Crippen molar-refractivity contribution in [1.82, 2.24) is 5.32 Å². The maximum atomic E-state index is 11.6. The first kappa shape index (κ1) is 9.51. The number of carbonyl (C=O) groups excluding carboxylic acids is 1. The largest absolute Gasteiger partial charge is 0.437 e. The van der Waals surface area contributed by atoms with Gasteiger partial charge in [0.05, 0.1) is 0 Å². The van der Waals surface area contributed by atoms with Crippen molar-refractivity contribution < 1.29 is 9.53 Å². The summed E-state index contributed by atoms with van der Waals surface area (Å²) in [6, 6.07) is 10.6. The van der Waals surface area contributed by atoms with Gasteiger partial charge in [0.1, 0.15) is 5.60 Å². The van der Waals surface area contributed by atoms with Crippen LogP contribution in [0, 0.1) is 11.8 Å². The van der Waals surface area contributed by atoms with E-state index in [-0.39, 0.29) is 11.7 Å². The summed E-state index contributed by atoms with van der Waals surface area (Å²) in [6.45, 7) is 0. The third-order valence-corrected chi connectivity index (χ3v) is 4.77. The molecule has 17 heavy (non-hydrogen) atoms. The summed E-state index contributed by atoms with van der Waals surface area (Å²) in [7, 11) is 0. The molecular weight excluding hydrogens is 214 g/mol. The highest BCUT2D eigenvalue weighted by Gasteiger charge is 2.70. The lowest BCUT2D eigenvalue weighted by molar-refractivity contribution is -0.233. The average molecular weight is 229 g/mol. The monoisotopic (exact) mass is 229 g/mol. The first-order chi connectivity index (χ1) is 8.32. The Morgan fingerprint density at radius 2 is 1.88 bits per heavy atom. The van der Waals surface area contributed by atoms with Gasteiger partial charge in [-0.15, -0.1) is 0 Å². The summed E-state index contributed by atoms with van der Waals surface area (Å²) < 4.78 is 5.74. The van der Waals surface area contributed by atoms with Gasteiger partial charge in [0.25, 0.3) is 0 Å². The van der Waals surface area contributed by atoms with Crippen LogP contribution in [0.4, 0.5) is 4.79 Å². The zero-order valence-electron chi connectivity index (χ0n) is 9.56. The highest BCUT2D eigenvalue weighted by Crippen LogP contribution is 2.63. The molecule has 0 radical (unpaired) electrons. The second-order valence-electron chi connectivity index (χ2n) is 5.36. The first-order valence-electron chi connectivity index (χ1n) is 6.37. The lowest BCUT2D eigenvalue weighted by Crippen LogP contribution is -2.76. The highest BCUT2D eigenvalue weighted by molar-refractivity contribution is 5.72. The van der Waals surface area contributed by atoms with Gasteiger partial charge in [-0.25, -0.2) is 4.79 Å². The van der Waals surface area contributed by atoms with Gasteiger partial charge in [-0.05, 0) is 18.4 Å². The van der Waals surface area contributed by atoms with Crippen molar-refractivity contribution in [2.45, 2.75) is 30.9 Å². The van der Waals surface area contributed by atoms with Crippen molar-refractivity contribution >= 4 is 6.09 Å². The molecule has 1 N–H and O–H groups in total. The van der Waals surface area contributed by atoms with Crippen molar-refractivity contribution in [1.29, 1.82) is 0 Å². The molecule has 1 amide bonds. The normalized spacial score (nSPS) is 42.1. The zero-order chi connectivity index (χ0) is 11.5. The summed E-state index contributed by atoms with van der Waals surface area (Å²) in [6.07, 6.45) is 3.35. The van der Waals surface area contributed by atoms with Crippen LogP contribution in [-0.4, -0.2) is 12.1 Å². The van der Waals surface area contributed by atoms with Crippen molar-refractivity contribution in [2.75, 3.05) is 0 Å². The molecule has 2 aliphatic carbocycles. The number of hydrogen-bond acceptors (Lipinski definition) is 2. The molecular formula is C14H15NO2. The average Bonchev–Trinajstić information content (AvgIpc) is 2.40. The van der Waals surface area contributed by atoms with Gasteiger partial charge in [-0.3, -0.25) is 0 Å². The topological polar surface area (TPSA) is 38.3 Å². The molecule has 0 spiro atoms. The first-order valence-corrected chi connectivity index (χ1v) is 6.37. The van der Waals surface area contributed by atoms with Crippen LogP contribution in [-0.2, 0) is 10.3 Å². The van der Waals surface area contributed by atoms with Crippen LogP contribution in [0.15, 0.2) is 30.3 Å². The molecule has 0 aromatic heterocycles. The molecule has 3 nitrogen and oxygen atoms in total. The number of amides is 1. The Hall–Kier alpha value is -1.51. The van der Waals surface area contributed by atoms with Crippen molar-refractivity contribution in [3.63, 3.8) is 0 Å². The lowest BCUT2D eigenvalue weighted by Gasteiger charge is -2.66. The Morgan fingerprint density at radius 1 is 1.18 bits per heavy atom. The van der Waals surface area contributed by atoms with Gasteiger partial charge < -0.3 is 10.1 Å². The van der Waals surface area contributed by atoms with Crippen LogP contribution in [0.2, 0.25) is 0 Å². The molecule has 4 bridgehead atoms. The fraction of sp³-hybridized carbons (Fsp3) is 0.500. The van der Waals surface area contributed by atoms with Gasteiger partial charge >= 0.3 is 6.09 Å². The second kappa shape index (κ2) is 3.03. The predicted molar refractivity (Wildman–Crippen MR) is 62.4 cm³/mol. The van der Waals surface area contributed by atoms with Gasteiger partial charge in [0.2, 0.25) is 0 Å². The summed E-state index contributed by atoms with van der Waals surface area (Å²) >= 11 is 0. The number of carbonyl (C=O) groups is 1. The third-order valence-electron chi connectivity index (χ3n) is 4.77. The minimum Gasteiger partial charge on any atom is -0.437 e. The van der Waals surface area contributed by atoms with Crippen LogP contribution in [0.1, 0.15) is 24.8 Å². The maximum Gasteiger partial charge on any atom is 0.408 e. The molecule has 1 aromatic rings. The zero-order valence-corrected chi connectivity index (χ0v) is 9.56. The molecule has 2 heterocycles. The lowest BCUT2D eigenvalue weighted by atomic mass is 9.48. The molecule has 3 heteroatoms. The Morgan fingerprint density at radius 3 is 2.59 bits per heavy atom. The van der Waals surface area contributed by atoms with Crippen molar-refractivity contribution in [2.24, 2.45) is 11.8 Å². The SMILES string of the molecule is O=C1NC2C3CCCC2C3(c2ccccc2)O1. The molecule has 2 aliphatic heterocycles. The van der Waals surface area contributed by atoms with E-state index in [1.165, 1.54) is 12.0 Å². The summed E-state index contributed by atoms with van der Waals surface area (Å²) in [4.78, 5) is 11.6. The molecule has 2 saturated heterocycles. The van der Waals surface area contributed by atoms with E-state index < -0.39 is 0 Å². The van der Waals surface area contributed by atoms with Crippen LogP contribution in [0.25, 0.3) is 0 Å². The van der Waals surface area contributed by atoms with Gasteiger partial charge in [-0.1, -0.05) is 36.8 Å². The van der Waals surface area contributed by atoms with E-state index in [0.29, 0.717) is 17.9 Å². The molecule has 4 fully saturated rings. The Labute approximate surface area is 100 Å². The van der Waals surface area contributed by atoms with Gasteiger partial charge in [0, 0.05) is 17.9 Å². The quantitative estimate of drug-likeness (QED) is 0.803. The van der Waals surface area contributed by atoms with E-state index in [2.05, 4.69) is 17.4 Å². The number of nitrogens with one attached hydrogen (secondary N) is 1. The molecule has 1 aromatic carbocycles. The fourth-order valence-corrected chi connectivity index (χ4v) is 4.17. The van der Waals surface area contributed by atoms with Crippen LogP contribution >= 0.6 is 0 Å². The summed E-state index contributed by atoms with van der Waals surface area (Å²) in [5.41, 5.74) is 0.868. The van der Waals surface area contributed by atoms with Gasteiger partial charge in [0.15, 0.2) is 0 Å². The highest BCUT2D eigenvalue weighted by atomic mass is 16.6. The smallest absolute Gasteiger partial charge is 0.408 e. The van der Waals surface area contributed by atoms with Crippen LogP contribution in [0.5, 0.6) is 0 Å². The minimum absolute atomic E-state index is 0.242. The Bertz CT molecular complexity index is 458. The van der Waals surface area contributed by atoms with E-state index in [0.717, 1.165) is 12.8 Å². The Balaban J connectivity index is 1.83. The van der Waals surface area contributed by atoms with Crippen molar-refractivity contribution in [3.05, 3.63) is 35.9 Å². The number of alkyl carbamates (subject to hydrolysis) is 1. The standard InChI is InChI=1S/C14H15NO2/c16-13-15-12-10-7-4-8-11(12)14(10,17-13)9-5-2-1-3-6-9/h1-3,5-6,10-12H,4,7-8H2,(H,15,16). The number of rotatable bonds is 1. The third kappa shape index (κ3) is 1.00. The minimum atomic E-state index is -0.313. The number of ether oxygens (including phenoxy) is 1. The molecule has 5 rings (SSSR count). The molecule has 2 unspecified atom stereocenters. The van der Waals surface area contributed by atoms with E-state index >= 15 is 0 Å². The van der Waals surface area contributed by atoms with Crippen LogP contribution < -0.4 is 5.32 Å².